The summed E-state index contributed by atoms with van der Waals surface area (Å²) in [6, 6.07) is 0. The summed E-state index contributed by atoms with van der Waals surface area (Å²) in [5.41, 5.74) is -0.707. The van der Waals surface area contributed by atoms with Crippen molar-refractivity contribution < 1.29 is 14.3 Å². The van der Waals surface area contributed by atoms with Crippen LogP contribution in [0.2, 0.25) is 0 Å². The van der Waals surface area contributed by atoms with E-state index in [1.807, 2.05) is 20.8 Å². The molecule has 98 valence electrons. The van der Waals surface area contributed by atoms with Crippen LogP contribution in [-0.4, -0.2) is 48.6 Å². The van der Waals surface area contributed by atoms with E-state index in [4.69, 9.17) is 4.74 Å². The second kappa shape index (κ2) is 6.00. The molecule has 0 saturated carbocycles. The maximum absolute atomic E-state index is 12.3. The Balaban J connectivity index is 2.71. The molecule has 1 aliphatic rings. The van der Waals surface area contributed by atoms with Crippen LogP contribution in [-0.2, 0) is 14.3 Å². The summed E-state index contributed by atoms with van der Waals surface area (Å²) in [4.78, 5) is 25.5. The zero-order valence-electron chi connectivity index (χ0n) is 10.9. The molecule has 0 aliphatic carbocycles. The van der Waals surface area contributed by atoms with Crippen LogP contribution in [0.15, 0.2) is 0 Å². The van der Waals surface area contributed by atoms with Crippen molar-refractivity contribution >= 4 is 11.8 Å². The number of nitrogens with one attached hydrogen (secondary N) is 1. The quantitative estimate of drug-likeness (QED) is 0.692. The van der Waals surface area contributed by atoms with Gasteiger partial charge in [0.1, 0.15) is 5.54 Å². The standard InChI is InChI=1S/C12H22N2O3/c1-4-12(5-2)11(16)14(7-8-17-6-3)9-10(15)13-12/h4-9H2,1-3H3,(H,13,15). The maximum atomic E-state index is 12.3. The van der Waals surface area contributed by atoms with Gasteiger partial charge in [0.25, 0.3) is 0 Å². The number of nitrogens with zero attached hydrogens (tertiary/aromatic N) is 1. The first-order chi connectivity index (χ1) is 8.09. The molecule has 1 N–H and O–H groups in total. The number of rotatable bonds is 6. The molecule has 1 aliphatic heterocycles. The van der Waals surface area contributed by atoms with Crippen molar-refractivity contribution in [1.82, 2.24) is 10.2 Å². The number of carbonyl (C=O) groups excluding carboxylic acids is 2. The van der Waals surface area contributed by atoms with Crippen molar-refractivity contribution in [2.75, 3.05) is 26.3 Å². The molecule has 1 heterocycles. The number of hydrogen-bond acceptors (Lipinski definition) is 3. The predicted molar refractivity (Wildman–Crippen MR) is 64.5 cm³/mol. The van der Waals surface area contributed by atoms with E-state index in [1.165, 1.54) is 0 Å². The Labute approximate surface area is 102 Å². The van der Waals surface area contributed by atoms with Crippen LogP contribution >= 0.6 is 0 Å². The highest BCUT2D eigenvalue weighted by molar-refractivity contribution is 5.97. The van der Waals surface area contributed by atoms with Crippen molar-refractivity contribution in [3.8, 4) is 0 Å². The van der Waals surface area contributed by atoms with Gasteiger partial charge in [-0.15, -0.1) is 0 Å². The van der Waals surface area contributed by atoms with Gasteiger partial charge in [-0.1, -0.05) is 13.8 Å². The maximum Gasteiger partial charge on any atom is 0.248 e. The molecule has 1 saturated heterocycles. The molecule has 0 spiro atoms. The second-order valence-electron chi connectivity index (χ2n) is 4.26. The average molecular weight is 242 g/mol. The smallest absolute Gasteiger partial charge is 0.248 e. The molecule has 5 heteroatoms. The van der Waals surface area contributed by atoms with Crippen LogP contribution in [0, 0.1) is 0 Å². The van der Waals surface area contributed by atoms with Crippen LogP contribution in [0.3, 0.4) is 0 Å². The Morgan fingerprint density at radius 1 is 1.29 bits per heavy atom. The minimum absolute atomic E-state index is 0.0156. The number of piperazine rings is 1. The summed E-state index contributed by atoms with van der Waals surface area (Å²) in [5, 5.41) is 2.83. The fourth-order valence-corrected chi connectivity index (χ4v) is 2.14. The zero-order valence-corrected chi connectivity index (χ0v) is 10.9. The molecule has 0 aromatic carbocycles. The third-order valence-corrected chi connectivity index (χ3v) is 3.33. The number of ether oxygens (including phenoxy) is 1. The number of amides is 2. The minimum Gasteiger partial charge on any atom is -0.380 e. The molecule has 0 aromatic rings. The predicted octanol–water partition coefficient (Wildman–Crippen LogP) is 0.540. The Hall–Kier alpha value is -1.10. The molecule has 1 rings (SSSR count). The van der Waals surface area contributed by atoms with Gasteiger partial charge in [-0.2, -0.15) is 0 Å². The molecule has 1 fully saturated rings. The summed E-state index contributed by atoms with van der Waals surface area (Å²) in [5.74, 6) is -0.0633. The van der Waals surface area contributed by atoms with Crippen LogP contribution in [0.5, 0.6) is 0 Å². The summed E-state index contributed by atoms with van der Waals surface area (Å²) >= 11 is 0. The molecule has 0 unspecified atom stereocenters. The molecule has 0 radical (unpaired) electrons. The van der Waals surface area contributed by atoms with E-state index in [2.05, 4.69) is 5.32 Å². The Bertz CT molecular complexity index is 287. The number of hydrogen-bond donors (Lipinski definition) is 1. The van der Waals surface area contributed by atoms with Crippen LogP contribution in [0.25, 0.3) is 0 Å². The van der Waals surface area contributed by atoms with E-state index in [-0.39, 0.29) is 18.4 Å². The molecule has 0 bridgehead atoms. The Morgan fingerprint density at radius 2 is 1.94 bits per heavy atom. The van der Waals surface area contributed by atoms with Gasteiger partial charge in [0.05, 0.1) is 13.2 Å². The summed E-state index contributed by atoms with van der Waals surface area (Å²) in [6.45, 7) is 7.50. The van der Waals surface area contributed by atoms with Gasteiger partial charge in [0.2, 0.25) is 11.8 Å². The normalized spacial score (nSPS) is 19.4. The van der Waals surface area contributed by atoms with E-state index in [1.54, 1.807) is 4.90 Å². The van der Waals surface area contributed by atoms with Crippen LogP contribution < -0.4 is 5.32 Å². The summed E-state index contributed by atoms with van der Waals surface area (Å²) < 4.78 is 5.23. The lowest BCUT2D eigenvalue weighted by Gasteiger charge is -2.41. The highest BCUT2D eigenvalue weighted by Crippen LogP contribution is 2.21. The van der Waals surface area contributed by atoms with Crippen molar-refractivity contribution in [1.29, 1.82) is 0 Å². The summed E-state index contributed by atoms with van der Waals surface area (Å²) in [6.07, 6.45) is 1.25. The SMILES string of the molecule is CCOCCN1CC(=O)NC(CC)(CC)C1=O. The minimum atomic E-state index is -0.707. The van der Waals surface area contributed by atoms with E-state index >= 15 is 0 Å². The molecule has 2 amide bonds. The van der Waals surface area contributed by atoms with E-state index in [0.717, 1.165) is 0 Å². The lowest BCUT2D eigenvalue weighted by atomic mass is 9.89. The first-order valence-corrected chi connectivity index (χ1v) is 6.27. The Morgan fingerprint density at radius 3 is 2.47 bits per heavy atom. The van der Waals surface area contributed by atoms with Crippen molar-refractivity contribution in [2.45, 2.75) is 39.2 Å². The van der Waals surface area contributed by atoms with Gasteiger partial charge >= 0.3 is 0 Å². The first kappa shape index (κ1) is 14.0. The average Bonchev–Trinajstić information content (AvgIpc) is 2.33. The van der Waals surface area contributed by atoms with Gasteiger partial charge in [0.15, 0.2) is 0 Å². The molecular formula is C12H22N2O3. The van der Waals surface area contributed by atoms with Crippen LogP contribution in [0.1, 0.15) is 33.6 Å². The fraction of sp³-hybridized carbons (Fsp3) is 0.833. The topological polar surface area (TPSA) is 58.6 Å². The highest BCUT2D eigenvalue weighted by Gasteiger charge is 2.43. The first-order valence-electron chi connectivity index (χ1n) is 6.27. The second-order valence-corrected chi connectivity index (χ2v) is 4.26. The number of carbonyl (C=O) groups is 2. The molecule has 5 nitrogen and oxygen atoms in total. The molecule has 0 aromatic heterocycles. The summed E-state index contributed by atoms with van der Waals surface area (Å²) in [7, 11) is 0. The van der Waals surface area contributed by atoms with Crippen LogP contribution in [0.4, 0.5) is 0 Å². The van der Waals surface area contributed by atoms with Gasteiger partial charge in [-0.05, 0) is 19.8 Å². The van der Waals surface area contributed by atoms with Gasteiger partial charge < -0.3 is 15.0 Å². The third kappa shape index (κ3) is 2.97. The lowest BCUT2D eigenvalue weighted by molar-refractivity contribution is -0.151. The van der Waals surface area contributed by atoms with Gasteiger partial charge in [0, 0.05) is 13.2 Å². The zero-order chi connectivity index (χ0) is 12.9. The van der Waals surface area contributed by atoms with Crippen molar-refractivity contribution in [3.05, 3.63) is 0 Å². The third-order valence-electron chi connectivity index (χ3n) is 3.33. The van der Waals surface area contributed by atoms with Gasteiger partial charge in [-0.25, -0.2) is 0 Å². The fourth-order valence-electron chi connectivity index (χ4n) is 2.14. The van der Waals surface area contributed by atoms with Gasteiger partial charge in [-0.3, -0.25) is 9.59 Å². The lowest BCUT2D eigenvalue weighted by Crippen LogP contribution is -2.66. The molecular weight excluding hydrogens is 220 g/mol. The van der Waals surface area contributed by atoms with E-state index in [0.29, 0.717) is 32.6 Å². The van der Waals surface area contributed by atoms with E-state index < -0.39 is 5.54 Å². The van der Waals surface area contributed by atoms with E-state index in [9.17, 15) is 9.59 Å². The molecule has 17 heavy (non-hydrogen) atoms. The van der Waals surface area contributed by atoms with Crippen molar-refractivity contribution in [3.63, 3.8) is 0 Å². The molecule has 0 atom stereocenters. The monoisotopic (exact) mass is 242 g/mol. The van der Waals surface area contributed by atoms with Crippen molar-refractivity contribution in [2.24, 2.45) is 0 Å². The largest absolute Gasteiger partial charge is 0.380 e. The highest BCUT2D eigenvalue weighted by atomic mass is 16.5. The Kier molecular flexibility index (Phi) is 4.93.